The van der Waals surface area contributed by atoms with Crippen molar-refractivity contribution in [1.29, 1.82) is 0 Å². The molecule has 3 aromatic carbocycles. The van der Waals surface area contributed by atoms with Crippen LogP contribution < -0.4 is 37.9 Å². The summed E-state index contributed by atoms with van der Waals surface area (Å²) in [6.45, 7) is 0. The number of methoxy groups -OCH3 is 7. The van der Waals surface area contributed by atoms with Crippen molar-refractivity contribution in [3.05, 3.63) is 59.2 Å². The molecule has 1 heterocycles. The van der Waals surface area contributed by atoms with Gasteiger partial charge in [0.1, 0.15) is 34.5 Å². The number of ketones is 1. The van der Waals surface area contributed by atoms with Crippen LogP contribution in [0.25, 0.3) is 0 Å². The molecule has 0 aliphatic carbocycles. The van der Waals surface area contributed by atoms with E-state index < -0.39 is 12.0 Å². The first-order valence-corrected chi connectivity index (χ1v) is 11.4. The van der Waals surface area contributed by atoms with E-state index in [1.54, 1.807) is 63.8 Å². The first-order chi connectivity index (χ1) is 17.9. The highest BCUT2D eigenvalue weighted by atomic mass is 16.5. The van der Waals surface area contributed by atoms with Crippen LogP contribution in [0.2, 0.25) is 0 Å². The van der Waals surface area contributed by atoms with Crippen molar-refractivity contribution in [3.8, 4) is 46.0 Å². The SMILES string of the molecule is COc1cc(OC)c([C@H]2C(=O)[C@@H](c3ccc(OC)c(OC)c3)Oc3cc(OC)cc(OC)c32)c(OC)c1. The van der Waals surface area contributed by atoms with Crippen LogP contribution >= 0.6 is 0 Å². The smallest absolute Gasteiger partial charge is 0.190 e. The molecular weight excluding hydrogens is 480 g/mol. The Morgan fingerprint density at radius 2 is 1.08 bits per heavy atom. The van der Waals surface area contributed by atoms with E-state index in [2.05, 4.69) is 0 Å². The molecule has 2 atom stereocenters. The fourth-order valence-corrected chi connectivity index (χ4v) is 4.58. The van der Waals surface area contributed by atoms with Gasteiger partial charge >= 0.3 is 0 Å². The van der Waals surface area contributed by atoms with Crippen molar-refractivity contribution >= 4 is 5.78 Å². The number of carbonyl (C=O) groups is 1. The summed E-state index contributed by atoms with van der Waals surface area (Å²) in [5.74, 6) is 2.65. The van der Waals surface area contributed by atoms with Gasteiger partial charge in [-0.2, -0.15) is 0 Å². The quantitative estimate of drug-likeness (QED) is 0.410. The molecule has 1 aliphatic heterocycles. The zero-order valence-corrected chi connectivity index (χ0v) is 21.9. The van der Waals surface area contributed by atoms with E-state index in [-0.39, 0.29) is 5.78 Å². The number of hydrogen-bond donors (Lipinski definition) is 0. The second-order valence-corrected chi connectivity index (χ2v) is 8.13. The van der Waals surface area contributed by atoms with Gasteiger partial charge in [-0.25, -0.2) is 0 Å². The van der Waals surface area contributed by atoms with E-state index in [4.69, 9.17) is 37.9 Å². The molecule has 0 radical (unpaired) electrons. The van der Waals surface area contributed by atoms with Crippen LogP contribution in [-0.2, 0) is 4.79 Å². The van der Waals surface area contributed by atoms with Gasteiger partial charge in [-0.05, 0) is 12.1 Å². The van der Waals surface area contributed by atoms with Crippen molar-refractivity contribution in [1.82, 2.24) is 0 Å². The van der Waals surface area contributed by atoms with Crippen LogP contribution in [-0.4, -0.2) is 55.6 Å². The summed E-state index contributed by atoms with van der Waals surface area (Å²) in [5, 5.41) is 0. The van der Waals surface area contributed by atoms with Gasteiger partial charge in [0.05, 0.1) is 66.8 Å². The molecule has 0 fully saturated rings. The Hall–Kier alpha value is -4.27. The predicted molar refractivity (Wildman–Crippen MR) is 135 cm³/mol. The maximum Gasteiger partial charge on any atom is 0.190 e. The Morgan fingerprint density at radius 3 is 1.59 bits per heavy atom. The molecule has 196 valence electrons. The molecule has 0 aromatic heterocycles. The van der Waals surface area contributed by atoms with E-state index in [9.17, 15) is 4.79 Å². The predicted octanol–water partition coefficient (Wildman–Crippen LogP) is 4.58. The molecule has 0 bridgehead atoms. The number of carbonyl (C=O) groups excluding carboxylic acids is 1. The minimum absolute atomic E-state index is 0.245. The summed E-state index contributed by atoms with van der Waals surface area (Å²) >= 11 is 0. The Morgan fingerprint density at radius 1 is 0.568 bits per heavy atom. The average Bonchev–Trinajstić information content (AvgIpc) is 2.95. The van der Waals surface area contributed by atoms with E-state index in [1.807, 2.05) is 0 Å². The normalized spacial score (nSPS) is 16.2. The number of fused-ring (bicyclic) bond motifs is 1. The summed E-state index contributed by atoms with van der Waals surface area (Å²) in [7, 11) is 10.8. The standard InChI is InChI=1S/C28H30O9/c1-30-16-11-20(34-5)24(21(12-16)35-6)26-25-22(36-7)13-17(31-2)14-23(25)37-28(27(26)29)15-8-9-18(32-3)19(10-15)33-4/h8-14,26,28H,1-7H3/t26-,28-/m1/s1. The van der Waals surface area contributed by atoms with Gasteiger partial charge in [0.15, 0.2) is 23.4 Å². The number of ether oxygens (including phenoxy) is 8. The second kappa shape index (κ2) is 10.8. The van der Waals surface area contributed by atoms with Gasteiger partial charge in [-0.1, -0.05) is 6.07 Å². The van der Waals surface area contributed by atoms with Crippen LogP contribution in [0.15, 0.2) is 42.5 Å². The molecule has 0 N–H and O–H groups in total. The van der Waals surface area contributed by atoms with Crippen LogP contribution in [0.5, 0.6) is 46.0 Å². The number of hydrogen-bond acceptors (Lipinski definition) is 9. The number of Topliss-reactive ketones (excluding diaryl/α,β-unsaturated/α-hetero) is 1. The Bertz CT molecular complexity index is 1280. The summed E-state index contributed by atoms with van der Waals surface area (Å²) in [6.07, 6.45) is -0.981. The van der Waals surface area contributed by atoms with Crippen molar-refractivity contribution in [2.75, 3.05) is 49.8 Å². The third-order valence-electron chi connectivity index (χ3n) is 6.36. The van der Waals surface area contributed by atoms with Crippen LogP contribution in [0.1, 0.15) is 28.7 Å². The van der Waals surface area contributed by atoms with Gasteiger partial charge in [0, 0.05) is 29.8 Å². The average molecular weight is 511 g/mol. The fraction of sp³-hybridized carbons (Fsp3) is 0.321. The molecule has 0 spiro atoms. The van der Waals surface area contributed by atoms with Gasteiger partial charge in [0.25, 0.3) is 0 Å². The molecule has 4 rings (SSSR count). The monoisotopic (exact) mass is 510 g/mol. The summed E-state index contributed by atoms with van der Waals surface area (Å²) in [5.41, 5.74) is 1.65. The Labute approximate surface area is 215 Å². The van der Waals surface area contributed by atoms with Crippen molar-refractivity contribution in [2.24, 2.45) is 0 Å². The molecule has 3 aromatic rings. The lowest BCUT2D eigenvalue weighted by Crippen LogP contribution is -2.31. The minimum atomic E-state index is -0.981. The van der Waals surface area contributed by atoms with Crippen molar-refractivity contribution in [2.45, 2.75) is 12.0 Å². The third-order valence-corrected chi connectivity index (χ3v) is 6.36. The van der Waals surface area contributed by atoms with Gasteiger partial charge in [-0.3, -0.25) is 4.79 Å². The lowest BCUT2D eigenvalue weighted by Gasteiger charge is -2.34. The molecular formula is C28H30O9. The number of rotatable bonds is 9. The zero-order valence-electron chi connectivity index (χ0n) is 21.9. The third kappa shape index (κ3) is 4.52. The molecule has 0 unspecified atom stereocenters. The lowest BCUT2D eigenvalue weighted by molar-refractivity contribution is -0.128. The maximum atomic E-state index is 14.3. The topological polar surface area (TPSA) is 90.9 Å². The van der Waals surface area contributed by atoms with Crippen LogP contribution in [0.3, 0.4) is 0 Å². The second-order valence-electron chi connectivity index (χ2n) is 8.13. The lowest BCUT2D eigenvalue weighted by atomic mass is 9.80. The van der Waals surface area contributed by atoms with Gasteiger partial charge in [-0.15, -0.1) is 0 Å². The molecule has 9 heteroatoms. The van der Waals surface area contributed by atoms with Crippen molar-refractivity contribution in [3.63, 3.8) is 0 Å². The molecule has 1 aliphatic rings. The first kappa shape index (κ1) is 25.8. The highest BCUT2D eigenvalue weighted by Gasteiger charge is 2.44. The molecule has 0 saturated heterocycles. The maximum absolute atomic E-state index is 14.3. The zero-order chi connectivity index (χ0) is 26.7. The highest BCUT2D eigenvalue weighted by Crippen LogP contribution is 2.53. The molecule has 0 saturated carbocycles. The first-order valence-electron chi connectivity index (χ1n) is 11.4. The van der Waals surface area contributed by atoms with Crippen molar-refractivity contribution < 1.29 is 42.7 Å². The van der Waals surface area contributed by atoms with E-state index in [1.165, 1.54) is 28.4 Å². The Balaban J connectivity index is 2.00. The minimum Gasteiger partial charge on any atom is -0.496 e. The fourth-order valence-electron chi connectivity index (χ4n) is 4.58. The van der Waals surface area contributed by atoms with Gasteiger partial charge < -0.3 is 37.9 Å². The molecule has 9 nitrogen and oxygen atoms in total. The van der Waals surface area contributed by atoms with E-state index >= 15 is 0 Å². The van der Waals surface area contributed by atoms with E-state index in [0.29, 0.717) is 62.7 Å². The number of benzene rings is 3. The van der Waals surface area contributed by atoms with Gasteiger partial charge in [0.2, 0.25) is 0 Å². The largest absolute Gasteiger partial charge is 0.496 e. The molecule has 0 amide bonds. The molecule has 37 heavy (non-hydrogen) atoms. The Kier molecular flexibility index (Phi) is 7.52. The van der Waals surface area contributed by atoms with Crippen LogP contribution in [0, 0.1) is 0 Å². The summed E-state index contributed by atoms with van der Waals surface area (Å²) in [4.78, 5) is 14.3. The summed E-state index contributed by atoms with van der Waals surface area (Å²) < 4.78 is 45.2. The van der Waals surface area contributed by atoms with Crippen LogP contribution in [0.4, 0.5) is 0 Å². The highest BCUT2D eigenvalue weighted by molar-refractivity contribution is 5.98. The van der Waals surface area contributed by atoms with E-state index in [0.717, 1.165) is 0 Å². The summed E-state index contributed by atoms with van der Waals surface area (Å²) in [6, 6.07) is 12.1.